The Morgan fingerprint density at radius 2 is 1.45 bits per heavy atom. The number of anilines is 7. The maximum absolute atomic E-state index is 5.97. The summed E-state index contributed by atoms with van der Waals surface area (Å²) in [4.78, 5) is 18.5. The van der Waals surface area contributed by atoms with E-state index in [-0.39, 0.29) is 0 Å². The van der Waals surface area contributed by atoms with E-state index in [9.17, 15) is 0 Å². The molecule has 33 heavy (non-hydrogen) atoms. The average molecular weight is 440 g/mol. The van der Waals surface area contributed by atoms with Gasteiger partial charge in [0.15, 0.2) is 0 Å². The summed E-state index contributed by atoms with van der Waals surface area (Å²) in [7, 11) is 0. The highest BCUT2D eigenvalue weighted by Crippen LogP contribution is 2.33. The molecular weight excluding hydrogens is 414 g/mol. The Morgan fingerprint density at radius 1 is 0.788 bits per heavy atom. The fourth-order valence-corrected chi connectivity index (χ4v) is 3.69. The summed E-state index contributed by atoms with van der Waals surface area (Å²) in [6.07, 6.45) is 0. The van der Waals surface area contributed by atoms with E-state index in [1.54, 1.807) is 0 Å². The molecular formula is C25H25N7O. The number of ether oxygens (including phenoxy) is 1. The van der Waals surface area contributed by atoms with Crippen molar-refractivity contribution in [2.45, 2.75) is 0 Å². The van der Waals surface area contributed by atoms with Crippen LogP contribution < -0.4 is 20.9 Å². The number of nitrogen functional groups attached to an aromatic ring is 1. The average Bonchev–Trinajstić information content (AvgIpc) is 2.86. The molecule has 0 aliphatic carbocycles. The third-order valence-corrected chi connectivity index (χ3v) is 5.28. The van der Waals surface area contributed by atoms with Crippen LogP contribution in [0.15, 0.2) is 84.9 Å². The molecule has 0 amide bonds. The van der Waals surface area contributed by atoms with Crippen molar-refractivity contribution < 1.29 is 4.74 Å². The third kappa shape index (κ3) is 4.86. The molecule has 1 fully saturated rings. The van der Waals surface area contributed by atoms with Crippen molar-refractivity contribution in [2.24, 2.45) is 0 Å². The number of nitrogens with one attached hydrogen (secondary N) is 1. The predicted molar refractivity (Wildman–Crippen MR) is 132 cm³/mol. The first-order valence-corrected chi connectivity index (χ1v) is 10.9. The molecule has 0 spiro atoms. The molecule has 3 aromatic carbocycles. The van der Waals surface area contributed by atoms with E-state index >= 15 is 0 Å². The Bertz CT molecular complexity index is 1160. The van der Waals surface area contributed by atoms with Gasteiger partial charge in [-0.3, -0.25) is 4.90 Å². The van der Waals surface area contributed by atoms with Gasteiger partial charge in [0.05, 0.1) is 13.2 Å². The van der Waals surface area contributed by atoms with Gasteiger partial charge in [0.2, 0.25) is 17.8 Å². The number of nitrogens with two attached hydrogens (primary N) is 1. The molecule has 1 saturated heterocycles. The zero-order valence-corrected chi connectivity index (χ0v) is 18.1. The predicted octanol–water partition coefficient (Wildman–Crippen LogP) is 4.50. The quantitative estimate of drug-likeness (QED) is 0.424. The van der Waals surface area contributed by atoms with Crippen LogP contribution in [0.25, 0.3) is 0 Å². The summed E-state index contributed by atoms with van der Waals surface area (Å²) in [6.45, 7) is 2.72. The molecule has 0 bridgehead atoms. The number of nitrogens with zero attached hydrogens (tertiary/aromatic N) is 5. The van der Waals surface area contributed by atoms with E-state index < -0.39 is 0 Å². The molecule has 5 rings (SSSR count). The molecule has 2 heterocycles. The minimum Gasteiger partial charge on any atom is -0.399 e. The van der Waals surface area contributed by atoms with Crippen LogP contribution in [-0.2, 0) is 4.74 Å². The number of rotatable bonds is 6. The highest BCUT2D eigenvalue weighted by Gasteiger charge is 2.21. The van der Waals surface area contributed by atoms with Crippen molar-refractivity contribution >= 4 is 40.6 Å². The van der Waals surface area contributed by atoms with Gasteiger partial charge in [-0.1, -0.05) is 42.5 Å². The molecule has 0 atom stereocenters. The molecule has 8 nitrogen and oxygen atoms in total. The van der Waals surface area contributed by atoms with Gasteiger partial charge >= 0.3 is 0 Å². The zero-order chi connectivity index (χ0) is 22.5. The number of para-hydroxylation sites is 2. The molecule has 3 N–H and O–H groups in total. The van der Waals surface area contributed by atoms with Gasteiger partial charge in [0, 0.05) is 35.8 Å². The second kappa shape index (κ2) is 9.54. The molecule has 166 valence electrons. The summed E-state index contributed by atoms with van der Waals surface area (Å²) in [5.74, 6) is 1.57. The van der Waals surface area contributed by atoms with Crippen molar-refractivity contribution in [3.8, 4) is 0 Å². The SMILES string of the molecule is Nc1cccc(Nc2nc(N3CCOCC3)nc(N(c3ccccc3)c3ccccc3)n2)c1. The van der Waals surface area contributed by atoms with Crippen LogP contribution >= 0.6 is 0 Å². The molecule has 1 aromatic heterocycles. The van der Waals surface area contributed by atoms with Gasteiger partial charge in [0.1, 0.15) is 0 Å². The number of morpholine rings is 1. The summed E-state index contributed by atoms with van der Waals surface area (Å²) in [5, 5.41) is 3.30. The zero-order valence-electron chi connectivity index (χ0n) is 18.1. The van der Waals surface area contributed by atoms with Crippen LogP contribution in [0.1, 0.15) is 0 Å². The molecule has 0 radical (unpaired) electrons. The maximum Gasteiger partial charge on any atom is 0.241 e. The van der Waals surface area contributed by atoms with E-state index in [0.717, 1.165) is 30.2 Å². The van der Waals surface area contributed by atoms with E-state index in [1.165, 1.54) is 0 Å². The molecule has 1 aliphatic rings. The highest BCUT2D eigenvalue weighted by molar-refractivity contribution is 5.73. The maximum atomic E-state index is 5.97. The van der Waals surface area contributed by atoms with Gasteiger partial charge in [-0.2, -0.15) is 15.0 Å². The van der Waals surface area contributed by atoms with E-state index in [1.807, 2.05) is 89.8 Å². The highest BCUT2D eigenvalue weighted by atomic mass is 16.5. The van der Waals surface area contributed by atoms with Crippen molar-refractivity contribution in [1.29, 1.82) is 0 Å². The van der Waals surface area contributed by atoms with Crippen LogP contribution in [0.4, 0.5) is 40.6 Å². The standard InChI is InChI=1S/C25H25N7O/c26-19-8-7-9-20(18-19)27-23-28-24(31-14-16-33-17-15-31)30-25(29-23)32(21-10-3-1-4-11-21)22-12-5-2-6-13-22/h1-13,18H,14-17,26H2,(H,27,28,29,30). The summed E-state index contributed by atoms with van der Waals surface area (Å²) in [5.41, 5.74) is 9.35. The lowest BCUT2D eigenvalue weighted by atomic mass is 10.2. The lowest BCUT2D eigenvalue weighted by Gasteiger charge is -2.29. The number of hydrogen-bond acceptors (Lipinski definition) is 8. The van der Waals surface area contributed by atoms with Crippen LogP contribution in [-0.4, -0.2) is 41.3 Å². The fourth-order valence-electron chi connectivity index (χ4n) is 3.69. The van der Waals surface area contributed by atoms with Crippen LogP contribution in [0.3, 0.4) is 0 Å². The first-order chi connectivity index (χ1) is 16.3. The number of aromatic nitrogens is 3. The topological polar surface area (TPSA) is 92.4 Å². The van der Waals surface area contributed by atoms with Crippen LogP contribution in [0, 0.1) is 0 Å². The van der Waals surface area contributed by atoms with E-state index in [2.05, 4.69) is 10.2 Å². The van der Waals surface area contributed by atoms with Gasteiger partial charge in [-0.15, -0.1) is 0 Å². The Hall–Kier alpha value is -4.17. The first kappa shape index (κ1) is 20.7. The number of benzene rings is 3. The first-order valence-electron chi connectivity index (χ1n) is 10.9. The van der Waals surface area contributed by atoms with Crippen molar-refractivity contribution in [1.82, 2.24) is 15.0 Å². The summed E-state index contributed by atoms with van der Waals surface area (Å²) in [6, 6.07) is 27.7. The van der Waals surface area contributed by atoms with Gasteiger partial charge in [-0.05, 0) is 42.5 Å². The van der Waals surface area contributed by atoms with Gasteiger partial charge in [-0.25, -0.2) is 0 Å². The summed E-state index contributed by atoms with van der Waals surface area (Å²) < 4.78 is 5.52. The van der Waals surface area contributed by atoms with Gasteiger partial charge < -0.3 is 20.7 Å². The molecule has 8 heteroatoms. The molecule has 4 aromatic rings. The summed E-state index contributed by atoms with van der Waals surface area (Å²) >= 11 is 0. The smallest absolute Gasteiger partial charge is 0.241 e. The van der Waals surface area contributed by atoms with E-state index in [4.69, 9.17) is 25.4 Å². The normalized spacial score (nSPS) is 13.5. The Kier molecular flexibility index (Phi) is 5.99. The second-order valence-corrected chi connectivity index (χ2v) is 7.62. The molecule has 0 saturated carbocycles. The largest absolute Gasteiger partial charge is 0.399 e. The Morgan fingerprint density at radius 3 is 2.09 bits per heavy atom. The van der Waals surface area contributed by atoms with Crippen LogP contribution in [0.2, 0.25) is 0 Å². The Labute approximate surface area is 192 Å². The minimum atomic E-state index is 0.448. The van der Waals surface area contributed by atoms with E-state index in [0.29, 0.717) is 36.7 Å². The van der Waals surface area contributed by atoms with Crippen molar-refractivity contribution in [3.05, 3.63) is 84.9 Å². The second-order valence-electron chi connectivity index (χ2n) is 7.62. The fraction of sp³-hybridized carbons (Fsp3) is 0.160. The van der Waals surface area contributed by atoms with Gasteiger partial charge in [0.25, 0.3) is 0 Å². The minimum absolute atomic E-state index is 0.448. The number of hydrogen-bond donors (Lipinski definition) is 2. The lowest BCUT2D eigenvalue weighted by Crippen LogP contribution is -2.37. The molecule has 1 aliphatic heterocycles. The van der Waals surface area contributed by atoms with Crippen molar-refractivity contribution in [3.63, 3.8) is 0 Å². The third-order valence-electron chi connectivity index (χ3n) is 5.28. The lowest BCUT2D eigenvalue weighted by molar-refractivity contribution is 0.122. The van der Waals surface area contributed by atoms with Crippen LogP contribution in [0.5, 0.6) is 0 Å². The Balaban J connectivity index is 1.62. The van der Waals surface area contributed by atoms with Crippen molar-refractivity contribution in [2.75, 3.05) is 47.2 Å². The monoisotopic (exact) mass is 439 g/mol. The molecule has 0 unspecified atom stereocenters.